The number of carbonyl (C=O) groups excluding carboxylic acids is 2. The molecule has 6 nitrogen and oxygen atoms in total. The summed E-state index contributed by atoms with van der Waals surface area (Å²) in [5.41, 5.74) is 1.63. The first-order valence-corrected chi connectivity index (χ1v) is 6.88. The molecule has 0 bridgehead atoms. The summed E-state index contributed by atoms with van der Waals surface area (Å²) in [6, 6.07) is 4.09. The molecule has 106 valence electrons. The van der Waals surface area contributed by atoms with E-state index in [0.29, 0.717) is 25.1 Å². The predicted octanol–water partition coefficient (Wildman–Crippen LogP) is 0.999. The van der Waals surface area contributed by atoms with E-state index in [1.807, 2.05) is 30.2 Å². The maximum Gasteiger partial charge on any atom is 0.270 e. The van der Waals surface area contributed by atoms with E-state index in [9.17, 15) is 9.59 Å². The van der Waals surface area contributed by atoms with E-state index in [0.717, 1.165) is 12.2 Å². The molecule has 2 aliphatic rings. The summed E-state index contributed by atoms with van der Waals surface area (Å²) in [5, 5.41) is 5.39. The number of carbonyl (C=O) groups is 2. The molecule has 1 atom stereocenters. The molecule has 0 spiro atoms. The van der Waals surface area contributed by atoms with Crippen LogP contribution in [0.1, 0.15) is 31.5 Å². The summed E-state index contributed by atoms with van der Waals surface area (Å²) in [5.74, 6) is -0.0913. The Bertz CT molecular complexity index is 590. The zero-order valence-electron chi connectivity index (χ0n) is 11.7. The Morgan fingerprint density at radius 2 is 2.15 bits per heavy atom. The molecule has 3 heterocycles. The summed E-state index contributed by atoms with van der Waals surface area (Å²) < 4.78 is 2.17. The molecule has 0 saturated carbocycles. The lowest BCUT2D eigenvalue weighted by Crippen LogP contribution is -2.45. The molecule has 0 radical (unpaired) electrons. The van der Waals surface area contributed by atoms with Gasteiger partial charge < -0.3 is 9.47 Å². The number of nitrogens with zero attached hydrogens (tertiary/aromatic N) is 4. The zero-order valence-corrected chi connectivity index (χ0v) is 11.7. The van der Waals surface area contributed by atoms with Gasteiger partial charge in [-0.1, -0.05) is 0 Å². The molecule has 2 amide bonds. The van der Waals surface area contributed by atoms with Crippen LogP contribution in [-0.2, 0) is 16.1 Å². The van der Waals surface area contributed by atoms with Crippen molar-refractivity contribution in [2.75, 3.05) is 13.6 Å². The van der Waals surface area contributed by atoms with Gasteiger partial charge in [0, 0.05) is 44.9 Å². The third kappa shape index (κ3) is 2.01. The minimum absolute atomic E-state index is 0.0388. The molecule has 1 aromatic rings. The van der Waals surface area contributed by atoms with Crippen molar-refractivity contribution < 1.29 is 9.59 Å². The summed E-state index contributed by atoms with van der Waals surface area (Å²) in [7, 11) is 1.60. The van der Waals surface area contributed by atoms with E-state index in [4.69, 9.17) is 0 Å². The van der Waals surface area contributed by atoms with Crippen LogP contribution in [0.5, 0.6) is 0 Å². The van der Waals surface area contributed by atoms with E-state index in [1.165, 1.54) is 5.01 Å². The van der Waals surface area contributed by atoms with Gasteiger partial charge in [0.15, 0.2) is 0 Å². The smallest absolute Gasteiger partial charge is 0.270 e. The molecular formula is C14H18N4O2. The van der Waals surface area contributed by atoms with E-state index >= 15 is 0 Å². The van der Waals surface area contributed by atoms with Crippen LogP contribution in [0.15, 0.2) is 23.4 Å². The van der Waals surface area contributed by atoms with Gasteiger partial charge in [-0.25, -0.2) is 5.01 Å². The average molecular weight is 274 g/mol. The van der Waals surface area contributed by atoms with Crippen LogP contribution in [0.4, 0.5) is 0 Å². The van der Waals surface area contributed by atoms with Gasteiger partial charge in [-0.2, -0.15) is 5.10 Å². The lowest BCUT2D eigenvalue weighted by atomic mass is 10.1. The van der Waals surface area contributed by atoms with Crippen LogP contribution in [0.25, 0.3) is 0 Å². The average Bonchev–Trinajstić information content (AvgIpc) is 2.91. The molecule has 1 aromatic heterocycles. The maximum atomic E-state index is 12.6. The van der Waals surface area contributed by atoms with Crippen molar-refractivity contribution in [3.8, 4) is 0 Å². The summed E-state index contributed by atoms with van der Waals surface area (Å²) in [4.78, 5) is 25.9. The Hall–Kier alpha value is -2.11. The summed E-state index contributed by atoms with van der Waals surface area (Å²) >= 11 is 0. The first-order valence-electron chi connectivity index (χ1n) is 6.88. The van der Waals surface area contributed by atoms with Crippen LogP contribution in [0, 0.1) is 0 Å². The topological polar surface area (TPSA) is 57.9 Å². The fourth-order valence-electron chi connectivity index (χ4n) is 2.85. The lowest BCUT2D eigenvalue weighted by molar-refractivity contribution is -0.131. The largest absolute Gasteiger partial charge is 0.348 e. The van der Waals surface area contributed by atoms with Crippen molar-refractivity contribution in [3.63, 3.8) is 0 Å². The Morgan fingerprint density at radius 3 is 2.90 bits per heavy atom. The zero-order chi connectivity index (χ0) is 14.3. The molecule has 1 unspecified atom stereocenters. The molecule has 0 aromatic carbocycles. The molecule has 0 aliphatic carbocycles. The van der Waals surface area contributed by atoms with E-state index in [1.54, 1.807) is 7.05 Å². The number of amides is 2. The van der Waals surface area contributed by atoms with Gasteiger partial charge in [0.05, 0.1) is 6.04 Å². The van der Waals surface area contributed by atoms with E-state index < -0.39 is 0 Å². The van der Waals surface area contributed by atoms with Crippen LogP contribution in [0.3, 0.4) is 0 Å². The highest BCUT2D eigenvalue weighted by Gasteiger charge is 2.32. The van der Waals surface area contributed by atoms with Gasteiger partial charge in [0.1, 0.15) is 5.71 Å². The van der Waals surface area contributed by atoms with Crippen LogP contribution in [-0.4, -0.2) is 45.6 Å². The number of hydrogen-bond acceptors (Lipinski definition) is 3. The number of hydrogen-bond donors (Lipinski definition) is 0. The van der Waals surface area contributed by atoms with E-state index in [2.05, 4.69) is 9.67 Å². The quantitative estimate of drug-likeness (QED) is 0.767. The van der Waals surface area contributed by atoms with Gasteiger partial charge in [-0.15, -0.1) is 0 Å². The number of hydrazone groups is 1. The second kappa shape index (κ2) is 4.77. The number of fused-ring (bicyclic) bond motifs is 1. The normalized spacial score (nSPS) is 22.6. The predicted molar refractivity (Wildman–Crippen MR) is 74.0 cm³/mol. The number of aromatic nitrogens is 1. The van der Waals surface area contributed by atoms with Crippen LogP contribution < -0.4 is 0 Å². The Kier molecular flexibility index (Phi) is 3.08. The van der Waals surface area contributed by atoms with Crippen molar-refractivity contribution in [2.45, 2.75) is 32.4 Å². The van der Waals surface area contributed by atoms with Crippen molar-refractivity contribution in [2.24, 2.45) is 5.10 Å². The molecule has 0 saturated heterocycles. The minimum Gasteiger partial charge on any atom is -0.348 e. The minimum atomic E-state index is -0.0516. The van der Waals surface area contributed by atoms with Gasteiger partial charge in [-0.3, -0.25) is 9.59 Å². The highest BCUT2D eigenvalue weighted by atomic mass is 16.2. The fraction of sp³-hybridized carbons (Fsp3) is 0.500. The molecular weight excluding hydrogens is 256 g/mol. The third-order valence-electron chi connectivity index (χ3n) is 4.06. The molecule has 0 N–H and O–H groups in total. The van der Waals surface area contributed by atoms with E-state index in [-0.39, 0.29) is 17.9 Å². The standard InChI is InChI=1S/C14H18N4O2/c1-10-12-4-3-7-17(12)8-9-18(10)14(20)11-5-6-13(19)16(2)15-11/h3-4,7,10H,5-6,8-9H2,1-2H3. The second-order valence-electron chi connectivity index (χ2n) is 5.27. The number of rotatable bonds is 1. The highest BCUT2D eigenvalue weighted by molar-refractivity contribution is 6.39. The summed E-state index contributed by atoms with van der Waals surface area (Å²) in [6.45, 7) is 3.51. The molecule has 20 heavy (non-hydrogen) atoms. The molecule has 3 rings (SSSR count). The molecule has 6 heteroatoms. The van der Waals surface area contributed by atoms with Crippen LogP contribution >= 0.6 is 0 Å². The maximum absolute atomic E-state index is 12.6. The molecule has 0 fully saturated rings. The highest BCUT2D eigenvalue weighted by Crippen LogP contribution is 2.26. The Morgan fingerprint density at radius 1 is 1.35 bits per heavy atom. The third-order valence-corrected chi connectivity index (χ3v) is 4.06. The Balaban J connectivity index is 1.82. The first kappa shape index (κ1) is 12.9. The monoisotopic (exact) mass is 274 g/mol. The SMILES string of the molecule is CC1c2cccn2CCN1C(=O)C1=NN(C)C(=O)CC1. The molecule has 2 aliphatic heterocycles. The first-order chi connectivity index (χ1) is 9.58. The van der Waals surface area contributed by atoms with Crippen molar-refractivity contribution >= 4 is 17.5 Å². The van der Waals surface area contributed by atoms with Crippen LogP contribution in [0.2, 0.25) is 0 Å². The Labute approximate surface area is 117 Å². The van der Waals surface area contributed by atoms with Crippen molar-refractivity contribution in [1.29, 1.82) is 0 Å². The van der Waals surface area contributed by atoms with Crippen molar-refractivity contribution in [1.82, 2.24) is 14.5 Å². The van der Waals surface area contributed by atoms with Crippen molar-refractivity contribution in [3.05, 3.63) is 24.0 Å². The fourth-order valence-corrected chi connectivity index (χ4v) is 2.85. The van der Waals surface area contributed by atoms with Gasteiger partial charge in [-0.05, 0) is 19.1 Å². The van der Waals surface area contributed by atoms with Gasteiger partial charge in [0.25, 0.3) is 5.91 Å². The summed E-state index contributed by atoms with van der Waals surface area (Å²) in [6.07, 6.45) is 2.84. The van der Waals surface area contributed by atoms with Gasteiger partial charge >= 0.3 is 0 Å². The second-order valence-corrected chi connectivity index (χ2v) is 5.27. The van der Waals surface area contributed by atoms with Gasteiger partial charge in [0.2, 0.25) is 5.91 Å². The lowest BCUT2D eigenvalue weighted by Gasteiger charge is -2.35.